The summed E-state index contributed by atoms with van der Waals surface area (Å²) in [6.07, 6.45) is 0. The molecule has 13 heavy (non-hydrogen) atoms. The summed E-state index contributed by atoms with van der Waals surface area (Å²) in [4.78, 5) is 12.5. The van der Waals surface area contributed by atoms with Crippen molar-refractivity contribution in [2.45, 2.75) is 13.8 Å². The Balaban J connectivity index is 2.98. The fraction of sp³-hybridized carbons (Fsp3) is 0.300. The van der Waals surface area contributed by atoms with Crippen LogP contribution in [0.1, 0.15) is 12.5 Å². The normalized spacial score (nSPS) is 9.77. The van der Waals surface area contributed by atoms with Crippen molar-refractivity contribution >= 4 is 22.7 Å². The molecule has 0 bridgehead atoms. The fourth-order valence-corrected chi connectivity index (χ4v) is 1.42. The van der Waals surface area contributed by atoms with Gasteiger partial charge in [-0.05, 0) is 43.1 Å². The van der Waals surface area contributed by atoms with Crippen LogP contribution in [0.3, 0.4) is 0 Å². The first kappa shape index (κ1) is 10.1. The van der Waals surface area contributed by atoms with E-state index in [4.69, 9.17) is 11.6 Å². The molecule has 1 aromatic rings. The molecule has 0 radical (unpaired) electrons. The van der Waals surface area contributed by atoms with Gasteiger partial charge in [0.25, 0.3) is 0 Å². The number of anilines is 1. The van der Waals surface area contributed by atoms with Gasteiger partial charge in [-0.25, -0.2) is 0 Å². The summed E-state index contributed by atoms with van der Waals surface area (Å²) >= 11 is 5.42. The van der Waals surface area contributed by atoms with Crippen LogP contribution in [-0.4, -0.2) is 11.9 Å². The predicted molar refractivity (Wildman–Crippen MR) is 55.4 cm³/mol. The number of hydrogen-bond donors (Lipinski definition) is 0. The standard InChI is InChI=1S/C10H12ClNO/c1-3-12(10(11)13)9-6-4-5-8(2)7-9/h4-7H,3H2,1-2H3. The van der Waals surface area contributed by atoms with Crippen LogP contribution >= 0.6 is 11.6 Å². The Kier molecular flexibility index (Phi) is 3.32. The molecular formula is C10H12ClNO. The third-order valence-electron chi connectivity index (χ3n) is 1.84. The molecule has 2 nitrogen and oxygen atoms in total. The molecule has 0 aliphatic heterocycles. The first-order valence-corrected chi connectivity index (χ1v) is 4.56. The fourth-order valence-electron chi connectivity index (χ4n) is 1.20. The van der Waals surface area contributed by atoms with Gasteiger partial charge in [-0.2, -0.15) is 0 Å². The number of carbonyl (C=O) groups excluding carboxylic acids is 1. The minimum atomic E-state index is -0.437. The van der Waals surface area contributed by atoms with Crippen LogP contribution in [-0.2, 0) is 0 Å². The van der Waals surface area contributed by atoms with Crippen molar-refractivity contribution in [2.75, 3.05) is 11.4 Å². The lowest BCUT2D eigenvalue weighted by atomic mass is 10.2. The highest BCUT2D eigenvalue weighted by Gasteiger charge is 2.09. The Morgan fingerprint density at radius 2 is 2.23 bits per heavy atom. The van der Waals surface area contributed by atoms with Crippen molar-refractivity contribution in [3.63, 3.8) is 0 Å². The second-order valence-corrected chi connectivity index (χ2v) is 3.16. The smallest absolute Gasteiger partial charge is 0.299 e. The van der Waals surface area contributed by atoms with E-state index < -0.39 is 5.37 Å². The third kappa shape index (κ3) is 2.46. The van der Waals surface area contributed by atoms with Crippen molar-refractivity contribution in [3.8, 4) is 0 Å². The molecule has 0 aliphatic rings. The second kappa shape index (κ2) is 4.28. The van der Waals surface area contributed by atoms with Gasteiger partial charge in [0.1, 0.15) is 0 Å². The first-order valence-electron chi connectivity index (χ1n) is 4.19. The lowest BCUT2D eigenvalue weighted by molar-refractivity contribution is 0.264. The van der Waals surface area contributed by atoms with Gasteiger partial charge >= 0.3 is 5.37 Å². The summed E-state index contributed by atoms with van der Waals surface area (Å²) in [6, 6.07) is 7.70. The number of halogens is 1. The molecule has 0 atom stereocenters. The number of rotatable bonds is 2. The zero-order valence-electron chi connectivity index (χ0n) is 7.75. The largest absolute Gasteiger partial charge is 0.320 e. The maximum absolute atomic E-state index is 11.0. The van der Waals surface area contributed by atoms with Crippen LogP contribution in [0.4, 0.5) is 10.5 Å². The van der Waals surface area contributed by atoms with Crippen molar-refractivity contribution < 1.29 is 4.79 Å². The van der Waals surface area contributed by atoms with Crippen LogP contribution in [0.15, 0.2) is 24.3 Å². The van der Waals surface area contributed by atoms with Crippen molar-refractivity contribution in [1.29, 1.82) is 0 Å². The van der Waals surface area contributed by atoms with E-state index in [0.29, 0.717) is 6.54 Å². The molecule has 70 valence electrons. The molecule has 1 rings (SSSR count). The molecule has 0 spiro atoms. The number of amides is 1. The van der Waals surface area contributed by atoms with Gasteiger partial charge in [0, 0.05) is 12.2 Å². The summed E-state index contributed by atoms with van der Waals surface area (Å²) in [5.41, 5.74) is 1.97. The van der Waals surface area contributed by atoms with E-state index >= 15 is 0 Å². The Morgan fingerprint density at radius 1 is 1.54 bits per heavy atom. The Hall–Kier alpha value is -1.02. The van der Waals surface area contributed by atoms with Crippen molar-refractivity contribution in [2.24, 2.45) is 0 Å². The van der Waals surface area contributed by atoms with Gasteiger partial charge in [0.2, 0.25) is 0 Å². The van der Waals surface area contributed by atoms with Crippen LogP contribution in [0.5, 0.6) is 0 Å². The van der Waals surface area contributed by atoms with E-state index in [1.165, 1.54) is 4.90 Å². The zero-order chi connectivity index (χ0) is 9.84. The SMILES string of the molecule is CCN(C(=O)Cl)c1cccc(C)c1. The average Bonchev–Trinajstić information content (AvgIpc) is 2.04. The summed E-state index contributed by atoms with van der Waals surface area (Å²) in [7, 11) is 0. The van der Waals surface area contributed by atoms with Crippen LogP contribution < -0.4 is 4.90 Å². The van der Waals surface area contributed by atoms with Gasteiger partial charge in [0.05, 0.1) is 0 Å². The monoisotopic (exact) mass is 197 g/mol. The van der Waals surface area contributed by atoms with Crippen molar-refractivity contribution in [3.05, 3.63) is 29.8 Å². The van der Waals surface area contributed by atoms with E-state index in [2.05, 4.69) is 0 Å². The molecule has 0 saturated carbocycles. The predicted octanol–water partition coefficient (Wildman–Crippen LogP) is 3.18. The second-order valence-electron chi connectivity index (χ2n) is 2.84. The number of nitrogens with zero attached hydrogens (tertiary/aromatic N) is 1. The molecule has 3 heteroatoms. The van der Waals surface area contributed by atoms with Gasteiger partial charge in [-0.15, -0.1) is 0 Å². The van der Waals surface area contributed by atoms with E-state index in [0.717, 1.165) is 11.3 Å². The molecule has 0 saturated heterocycles. The average molecular weight is 198 g/mol. The Morgan fingerprint density at radius 3 is 2.69 bits per heavy atom. The molecular weight excluding hydrogens is 186 g/mol. The molecule has 0 heterocycles. The maximum Gasteiger partial charge on any atom is 0.320 e. The number of aryl methyl sites for hydroxylation is 1. The highest BCUT2D eigenvalue weighted by molar-refractivity contribution is 6.66. The molecule has 0 N–H and O–H groups in total. The number of hydrogen-bond acceptors (Lipinski definition) is 1. The lowest BCUT2D eigenvalue weighted by Crippen LogP contribution is -2.24. The maximum atomic E-state index is 11.0. The van der Waals surface area contributed by atoms with Gasteiger partial charge in [-0.3, -0.25) is 9.69 Å². The Bertz CT molecular complexity index is 312. The molecule has 0 unspecified atom stereocenters. The first-order chi connectivity index (χ1) is 6.15. The van der Waals surface area contributed by atoms with Crippen molar-refractivity contribution in [1.82, 2.24) is 0 Å². The zero-order valence-corrected chi connectivity index (χ0v) is 8.51. The number of benzene rings is 1. The van der Waals surface area contributed by atoms with Crippen LogP contribution in [0.25, 0.3) is 0 Å². The van der Waals surface area contributed by atoms with E-state index in [9.17, 15) is 4.79 Å². The van der Waals surface area contributed by atoms with Gasteiger partial charge in [-0.1, -0.05) is 12.1 Å². The summed E-state index contributed by atoms with van der Waals surface area (Å²) in [6.45, 7) is 4.46. The van der Waals surface area contributed by atoms with E-state index in [1.54, 1.807) is 0 Å². The lowest BCUT2D eigenvalue weighted by Gasteiger charge is -2.17. The van der Waals surface area contributed by atoms with Gasteiger partial charge < -0.3 is 0 Å². The molecule has 0 fully saturated rings. The highest BCUT2D eigenvalue weighted by atomic mass is 35.5. The third-order valence-corrected chi connectivity index (χ3v) is 2.05. The molecule has 1 aromatic carbocycles. The summed E-state index contributed by atoms with van der Waals surface area (Å²) in [5.74, 6) is 0. The quantitative estimate of drug-likeness (QED) is 0.527. The molecule has 1 amide bonds. The minimum absolute atomic E-state index is 0.437. The minimum Gasteiger partial charge on any atom is -0.299 e. The molecule has 0 aromatic heterocycles. The van der Waals surface area contributed by atoms with E-state index in [1.807, 2.05) is 38.1 Å². The summed E-state index contributed by atoms with van der Waals surface area (Å²) < 4.78 is 0. The van der Waals surface area contributed by atoms with Crippen LogP contribution in [0, 0.1) is 6.92 Å². The Labute approximate surface area is 83.1 Å². The number of carbonyl (C=O) groups is 1. The molecule has 0 aliphatic carbocycles. The van der Waals surface area contributed by atoms with Gasteiger partial charge in [0.15, 0.2) is 0 Å². The van der Waals surface area contributed by atoms with Crippen LogP contribution in [0.2, 0.25) is 0 Å². The summed E-state index contributed by atoms with van der Waals surface area (Å²) in [5, 5.41) is -0.437. The van der Waals surface area contributed by atoms with E-state index in [-0.39, 0.29) is 0 Å². The topological polar surface area (TPSA) is 20.3 Å². The highest BCUT2D eigenvalue weighted by Crippen LogP contribution is 2.16.